The van der Waals surface area contributed by atoms with E-state index in [1.54, 1.807) is 31.0 Å². The molecule has 112 valence electrons. The molecule has 0 unspecified atom stereocenters. The largest absolute Gasteiger partial charge is 0.334 e. The van der Waals surface area contributed by atoms with Crippen molar-refractivity contribution in [3.8, 4) is 0 Å². The van der Waals surface area contributed by atoms with Gasteiger partial charge in [0.05, 0.1) is 17.2 Å². The minimum atomic E-state index is -0.579. The van der Waals surface area contributed by atoms with Crippen LogP contribution in [-0.4, -0.2) is 42.3 Å². The highest BCUT2D eigenvalue weighted by Crippen LogP contribution is 2.23. The number of aromatic nitrogens is 4. The van der Waals surface area contributed by atoms with Crippen molar-refractivity contribution in [2.45, 2.75) is 13.5 Å². The van der Waals surface area contributed by atoms with Crippen LogP contribution in [0.15, 0.2) is 12.3 Å². The van der Waals surface area contributed by atoms with Crippen LogP contribution in [0.1, 0.15) is 21.9 Å². The minimum Gasteiger partial charge on any atom is -0.334 e. The van der Waals surface area contributed by atoms with Crippen LogP contribution in [0.3, 0.4) is 0 Å². The Labute approximate surface area is 120 Å². The molecule has 1 amide bonds. The van der Waals surface area contributed by atoms with Gasteiger partial charge in [-0.25, -0.2) is 0 Å². The SMILES string of the molecule is Cc1nn(C)c(C(=O)N(C)Cc2ccn(C)n2)c1[N+](=O)[O-]. The van der Waals surface area contributed by atoms with Crippen LogP contribution in [0.5, 0.6) is 0 Å². The van der Waals surface area contributed by atoms with Gasteiger partial charge in [0.25, 0.3) is 5.91 Å². The Morgan fingerprint density at radius 3 is 2.62 bits per heavy atom. The standard InChI is InChI=1S/C12H16N6O3/c1-8-10(18(20)21)11(17(4)13-8)12(19)15(2)7-9-5-6-16(3)14-9/h5-6H,7H2,1-4H3. The van der Waals surface area contributed by atoms with Gasteiger partial charge in [0, 0.05) is 27.3 Å². The van der Waals surface area contributed by atoms with Gasteiger partial charge >= 0.3 is 5.69 Å². The van der Waals surface area contributed by atoms with Gasteiger partial charge in [0.15, 0.2) is 0 Å². The molecule has 0 aliphatic heterocycles. The molecule has 2 aromatic heterocycles. The molecule has 0 saturated heterocycles. The van der Waals surface area contributed by atoms with Gasteiger partial charge in [-0.05, 0) is 13.0 Å². The Kier molecular flexibility index (Phi) is 3.74. The molecule has 0 radical (unpaired) electrons. The predicted octanol–water partition coefficient (Wildman–Crippen LogP) is 0.642. The second kappa shape index (κ2) is 5.35. The molecule has 0 bridgehead atoms. The summed E-state index contributed by atoms with van der Waals surface area (Å²) in [6.45, 7) is 1.77. The predicted molar refractivity (Wildman–Crippen MR) is 73.6 cm³/mol. The number of carbonyl (C=O) groups excluding carboxylic acids is 1. The second-order valence-corrected chi connectivity index (χ2v) is 4.81. The van der Waals surface area contributed by atoms with E-state index in [2.05, 4.69) is 10.2 Å². The van der Waals surface area contributed by atoms with Gasteiger partial charge in [-0.15, -0.1) is 0 Å². The summed E-state index contributed by atoms with van der Waals surface area (Å²) in [5.41, 5.74) is 0.637. The van der Waals surface area contributed by atoms with Crippen molar-refractivity contribution < 1.29 is 9.72 Å². The Morgan fingerprint density at radius 2 is 2.10 bits per heavy atom. The number of nitrogens with zero attached hydrogens (tertiary/aromatic N) is 6. The lowest BCUT2D eigenvalue weighted by Gasteiger charge is -2.15. The van der Waals surface area contributed by atoms with E-state index >= 15 is 0 Å². The van der Waals surface area contributed by atoms with E-state index in [4.69, 9.17) is 0 Å². The summed E-state index contributed by atoms with van der Waals surface area (Å²) >= 11 is 0. The van der Waals surface area contributed by atoms with E-state index in [1.807, 2.05) is 0 Å². The molecule has 2 aromatic rings. The zero-order valence-electron chi connectivity index (χ0n) is 12.3. The van der Waals surface area contributed by atoms with Crippen LogP contribution in [-0.2, 0) is 20.6 Å². The fourth-order valence-corrected chi connectivity index (χ4v) is 2.15. The van der Waals surface area contributed by atoms with E-state index in [1.165, 1.54) is 23.6 Å². The van der Waals surface area contributed by atoms with Gasteiger partial charge < -0.3 is 4.90 Å². The molecule has 9 nitrogen and oxygen atoms in total. The Balaban J connectivity index is 2.29. The average molecular weight is 292 g/mol. The first kappa shape index (κ1) is 14.7. The lowest BCUT2D eigenvalue weighted by molar-refractivity contribution is -0.385. The first-order valence-corrected chi connectivity index (χ1v) is 6.23. The van der Waals surface area contributed by atoms with Crippen LogP contribution in [0.2, 0.25) is 0 Å². The Hall–Kier alpha value is -2.71. The van der Waals surface area contributed by atoms with Crippen molar-refractivity contribution in [3.63, 3.8) is 0 Å². The van der Waals surface area contributed by atoms with E-state index in [0.29, 0.717) is 5.69 Å². The van der Waals surface area contributed by atoms with Crippen molar-refractivity contribution in [1.82, 2.24) is 24.5 Å². The number of carbonyl (C=O) groups is 1. The lowest BCUT2D eigenvalue weighted by Crippen LogP contribution is -2.29. The smallest absolute Gasteiger partial charge is 0.322 e. The third kappa shape index (κ3) is 2.76. The van der Waals surface area contributed by atoms with Gasteiger partial charge in [-0.2, -0.15) is 10.2 Å². The highest BCUT2D eigenvalue weighted by Gasteiger charge is 2.31. The number of aryl methyl sites for hydroxylation is 3. The van der Waals surface area contributed by atoms with Crippen LogP contribution < -0.4 is 0 Å². The first-order valence-electron chi connectivity index (χ1n) is 6.23. The number of rotatable bonds is 4. The zero-order valence-corrected chi connectivity index (χ0v) is 12.3. The van der Waals surface area contributed by atoms with Crippen LogP contribution in [0, 0.1) is 17.0 Å². The van der Waals surface area contributed by atoms with Gasteiger partial charge in [0.1, 0.15) is 5.69 Å². The molecule has 0 aliphatic rings. The van der Waals surface area contributed by atoms with E-state index in [9.17, 15) is 14.9 Å². The molecular weight excluding hydrogens is 276 g/mol. The maximum absolute atomic E-state index is 12.4. The van der Waals surface area contributed by atoms with E-state index in [-0.39, 0.29) is 23.6 Å². The summed E-state index contributed by atoms with van der Waals surface area (Å²) < 4.78 is 2.87. The van der Waals surface area contributed by atoms with Crippen LogP contribution in [0.25, 0.3) is 0 Å². The van der Waals surface area contributed by atoms with Crippen molar-refractivity contribution in [1.29, 1.82) is 0 Å². The Bertz CT molecular complexity index is 702. The molecule has 0 N–H and O–H groups in total. The van der Waals surface area contributed by atoms with Crippen LogP contribution >= 0.6 is 0 Å². The third-order valence-corrected chi connectivity index (χ3v) is 3.09. The van der Waals surface area contributed by atoms with Crippen molar-refractivity contribution in [2.75, 3.05) is 7.05 Å². The quantitative estimate of drug-likeness (QED) is 0.608. The summed E-state index contributed by atoms with van der Waals surface area (Å²) in [5.74, 6) is -0.463. The first-order chi connectivity index (χ1) is 9.81. The van der Waals surface area contributed by atoms with Gasteiger partial charge in [-0.3, -0.25) is 24.3 Å². The lowest BCUT2D eigenvalue weighted by atomic mass is 10.2. The molecule has 0 atom stereocenters. The normalized spacial score (nSPS) is 10.7. The van der Waals surface area contributed by atoms with Crippen LogP contribution in [0.4, 0.5) is 5.69 Å². The van der Waals surface area contributed by atoms with Crippen molar-refractivity contribution >= 4 is 11.6 Å². The zero-order chi connectivity index (χ0) is 15.7. The third-order valence-electron chi connectivity index (χ3n) is 3.09. The molecular formula is C12H16N6O3. The maximum Gasteiger partial charge on any atom is 0.322 e. The molecule has 2 rings (SSSR count). The Morgan fingerprint density at radius 1 is 1.43 bits per heavy atom. The molecule has 0 aliphatic carbocycles. The highest BCUT2D eigenvalue weighted by atomic mass is 16.6. The molecule has 2 heterocycles. The fraction of sp³-hybridized carbons (Fsp3) is 0.417. The summed E-state index contributed by atoms with van der Waals surface area (Å²) in [7, 11) is 4.87. The maximum atomic E-state index is 12.4. The van der Waals surface area contributed by atoms with Gasteiger partial charge in [-0.1, -0.05) is 0 Å². The van der Waals surface area contributed by atoms with E-state index < -0.39 is 10.8 Å². The molecule has 0 fully saturated rings. The minimum absolute atomic E-state index is 0.0315. The van der Waals surface area contributed by atoms with Crippen molar-refractivity contribution in [3.05, 3.63) is 39.5 Å². The highest BCUT2D eigenvalue weighted by molar-refractivity contribution is 5.96. The number of hydrogen-bond donors (Lipinski definition) is 0. The molecule has 0 aromatic carbocycles. The van der Waals surface area contributed by atoms with Crippen molar-refractivity contribution in [2.24, 2.45) is 14.1 Å². The fourth-order valence-electron chi connectivity index (χ4n) is 2.15. The topological polar surface area (TPSA) is 99.1 Å². The monoisotopic (exact) mass is 292 g/mol. The molecule has 0 spiro atoms. The van der Waals surface area contributed by atoms with Gasteiger partial charge in [0.2, 0.25) is 5.69 Å². The number of nitro groups is 1. The summed E-state index contributed by atoms with van der Waals surface area (Å²) in [5, 5.41) is 19.2. The number of hydrogen-bond acceptors (Lipinski definition) is 5. The second-order valence-electron chi connectivity index (χ2n) is 4.81. The summed E-state index contributed by atoms with van der Waals surface area (Å²) in [6.07, 6.45) is 1.77. The molecule has 21 heavy (non-hydrogen) atoms. The summed E-state index contributed by atoms with van der Waals surface area (Å²) in [6, 6.07) is 1.78. The summed E-state index contributed by atoms with van der Waals surface area (Å²) in [4.78, 5) is 24.4. The molecule has 9 heteroatoms. The molecule has 0 saturated carbocycles. The average Bonchev–Trinajstić information content (AvgIpc) is 2.91. The number of amides is 1. The van der Waals surface area contributed by atoms with E-state index in [0.717, 1.165) is 0 Å².